The van der Waals surface area contributed by atoms with Crippen LogP contribution in [-0.2, 0) is 0 Å². The molecule has 2 aromatic rings. The van der Waals surface area contributed by atoms with E-state index in [0.717, 1.165) is 53.4 Å². The van der Waals surface area contributed by atoms with Gasteiger partial charge in [-0.3, -0.25) is 9.59 Å². The zero-order chi connectivity index (χ0) is 19.8. The Morgan fingerprint density at radius 1 is 1.18 bits per heavy atom. The number of carbonyl (C=O) groups excluding carboxylic acids is 2. The van der Waals surface area contributed by atoms with Crippen molar-refractivity contribution in [3.8, 4) is 0 Å². The summed E-state index contributed by atoms with van der Waals surface area (Å²) < 4.78 is 2.20. The van der Waals surface area contributed by atoms with Crippen LogP contribution in [0.1, 0.15) is 58.0 Å². The molecule has 1 aliphatic carbocycles. The van der Waals surface area contributed by atoms with E-state index in [1.165, 1.54) is 11.3 Å². The highest BCUT2D eigenvalue weighted by atomic mass is 32.1. The van der Waals surface area contributed by atoms with Crippen molar-refractivity contribution < 1.29 is 9.59 Å². The number of hydrogen-bond donors (Lipinski definition) is 1. The fourth-order valence-electron chi connectivity index (χ4n) is 3.79. The van der Waals surface area contributed by atoms with Crippen molar-refractivity contribution in [1.29, 1.82) is 0 Å². The summed E-state index contributed by atoms with van der Waals surface area (Å²) in [6, 6.07) is 8.31. The third kappa shape index (κ3) is 3.69. The SMILES string of the molecule is CNC1CCN(C(=O)c2ccc(/N=c3/sc(C(C)=O)c(C)n3C3CC3)cc2)C1. The fraction of sp³-hybridized carbons (Fsp3) is 0.476. The van der Waals surface area contributed by atoms with Gasteiger partial charge in [-0.2, -0.15) is 0 Å². The maximum absolute atomic E-state index is 12.7. The highest BCUT2D eigenvalue weighted by Crippen LogP contribution is 2.36. The van der Waals surface area contributed by atoms with Crippen LogP contribution in [0, 0.1) is 6.92 Å². The first-order chi connectivity index (χ1) is 13.5. The number of nitrogens with zero attached hydrogens (tertiary/aromatic N) is 3. The molecule has 4 rings (SSSR count). The number of ketones is 1. The number of hydrogen-bond acceptors (Lipinski definition) is 5. The van der Waals surface area contributed by atoms with Crippen LogP contribution < -0.4 is 10.1 Å². The van der Waals surface area contributed by atoms with E-state index in [-0.39, 0.29) is 11.7 Å². The number of nitrogens with one attached hydrogen (secondary N) is 1. The molecule has 1 saturated carbocycles. The van der Waals surface area contributed by atoms with E-state index >= 15 is 0 Å². The molecule has 0 radical (unpaired) electrons. The van der Waals surface area contributed by atoms with Gasteiger partial charge in [0.25, 0.3) is 5.91 Å². The molecular formula is C21H26N4O2S. The number of rotatable bonds is 5. The smallest absolute Gasteiger partial charge is 0.253 e. The standard InChI is InChI=1S/C21H26N4O2S/c1-13-19(14(2)26)28-21(25(13)18-8-9-18)23-16-6-4-15(5-7-16)20(27)24-11-10-17(12-24)22-3/h4-7,17-18,22H,8-12H2,1-3H3/b23-21+. The molecule has 7 heteroatoms. The summed E-state index contributed by atoms with van der Waals surface area (Å²) in [5.41, 5.74) is 2.51. The predicted molar refractivity (Wildman–Crippen MR) is 110 cm³/mol. The summed E-state index contributed by atoms with van der Waals surface area (Å²) in [7, 11) is 1.94. The molecule has 6 nitrogen and oxygen atoms in total. The number of amides is 1. The molecule has 0 spiro atoms. The van der Waals surface area contributed by atoms with Crippen LogP contribution in [0.3, 0.4) is 0 Å². The van der Waals surface area contributed by atoms with Gasteiger partial charge in [0.2, 0.25) is 0 Å². The molecule has 1 saturated heterocycles. The Hall–Kier alpha value is -2.25. The number of Topliss-reactive ketones (excluding diaryl/α,β-unsaturated/α-hetero) is 1. The lowest BCUT2D eigenvalue weighted by atomic mass is 10.2. The van der Waals surface area contributed by atoms with Crippen LogP contribution in [0.15, 0.2) is 29.3 Å². The van der Waals surface area contributed by atoms with Gasteiger partial charge in [-0.05, 0) is 57.5 Å². The Balaban J connectivity index is 1.59. The van der Waals surface area contributed by atoms with Gasteiger partial charge in [0, 0.05) is 43.4 Å². The van der Waals surface area contributed by atoms with Crippen molar-refractivity contribution in [1.82, 2.24) is 14.8 Å². The van der Waals surface area contributed by atoms with Gasteiger partial charge in [-0.25, -0.2) is 4.99 Å². The number of aromatic nitrogens is 1. The summed E-state index contributed by atoms with van der Waals surface area (Å²) in [5.74, 6) is 0.160. The quantitative estimate of drug-likeness (QED) is 0.787. The summed E-state index contributed by atoms with van der Waals surface area (Å²) >= 11 is 1.46. The first kappa shape index (κ1) is 19.1. The van der Waals surface area contributed by atoms with Crippen LogP contribution >= 0.6 is 11.3 Å². The summed E-state index contributed by atoms with van der Waals surface area (Å²) in [5, 5.41) is 3.24. The minimum atomic E-state index is 0.0724. The van der Waals surface area contributed by atoms with Crippen molar-refractivity contribution in [3.63, 3.8) is 0 Å². The highest BCUT2D eigenvalue weighted by Gasteiger charge is 2.28. The molecule has 2 heterocycles. The largest absolute Gasteiger partial charge is 0.337 e. The van der Waals surface area contributed by atoms with Crippen LogP contribution in [-0.4, -0.2) is 47.3 Å². The average molecular weight is 399 g/mol. The maximum Gasteiger partial charge on any atom is 0.253 e. The summed E-state index contributed by atoms with van der Waals surface area (Å²) in [6.07, 6.45) is 3.27. The molecule has 1 amide bonds. The lowest BCUT2D eigenvalue weighted by molar-refractivity contribution is 0.0789. The first-order valence-electron chi connectivity index (χ1n) is 9.82. The highest BCUT2D eigenvalue weighted by molar-refractivity contribution is 7.11. The monoisotopic (exact) mass is 398 g/mol. The Kier molecular flexibility index (Phi) is 5.21. The van der Waals surface area contributed by atoms with Crippen molar-refractivity contribution in [2.75, 3.05) is 20.1 Å². The number of benzene rings is 1. The second-order valence-corrected chi connectivity index (χ2v) is 8.62. The van der Waals surface area contributed by atoms with E-state index in [1.807, 2.05) is 43.1 Å². The van der Waals surface area contributed by atoms with Gasteiger partial charge < -0.3 is 14.8 Å². The Labute approximate surface area is 168 Å². The minimum absolute atomic E-state index is 0.0724. The molecule has 0 bridgehead atoms. The number of likely N-dealkylation sites (tertiary alicyclic amines) is 1. The summed E-state index contributed by atoms with van der Waals surface area (Å²) in [6.45, 7) is 5.16. The van der Waals surface area contributed by atoms with Gasteiger partial charge in [-0.1, -0.05) is 11.3 Å². The van der Waals surface area contributed by atoms with E-state index in [0.29, 0.717) is 17.6 Å². The van der Waals surface area contributed by atoms with Gasteiger partial charge in [0.05, 0.1) is 10.6 Å². The van der Waals surface area contributed by atoms with Crippen LogP contribution in [0.4, 0.5) is 5.69 Å². The van der Waals surface area contributed by atoms with Crippen LogP contribution in [0.5, 0.6) is 0 Å². The van der Waals surface area contributed by atoms with Gasteiger partial charge >= 0.3 is 0 Å². The van der Waals surface area contributed by atoms with Gasteiger partial charge in [-0.15, -0.1) is 0 Å². The van der Waals surface area contributed by atoms with E-state index in [9.17, 15) is 9.59 Å². The van der Waals surface area contributed by atoms with Gasteiger partial charge in [0.15, 0.2) is 10.6 Å². The second-order valence-electron chi connectivity index (χ2n) is 7.64. The summed E-state index contributed by atoms with van der Waals surface area (Å²) in [4.78, 5) is 32.9. The molecule has 2 aliphatic rings. The molecular weight excluding hydrogens is 372 g/mol. The van der Waals surface area contributed by atoms with Crippen LogP contribution in [0.25, 0.3) is 0 Å². The predicted octanol–water partition coefficient (Wildman–Crippen LogP) is 3.06. The normalized spacial score (nSPS) is 20.0. The zero-order valence-electron chi connectivity index (χ0n) is 16.6. The molecule has 1 aliphatic heterocycles. The number of thiazole rings is 1. The number of carbonyl (C=O) groups is 2. The van der Waals surface area contributed by atoms with Crippen molar-refractivity contribution >= 4 is 28.7 Å². The third-order valence-corrected chi connectivity index (χ3v) is 6.80. The molecule has 1 aromatic heterocycles. The second kappa shape index (κ2) is 7.64. The molecule has 1 aromatic carbocycles. The Bertz CT molecular complexity index is 969. The van der Waals surface area contributed by atoms with E-state index in [1.54, 1.807) is 6.92 Å². The zero-order valence-corrected chi connectivity index (χ0v) is 17.4. The number of likely N-dealkylation sites (N-methyl/N-ethyl adjacent to an activating group) is 1. The topological polar surface area (TPSA) is 66.7 Å². The van der Waals surface area contributed by atoms with Gasteiger partial charge in [0.1, 0.15) is 0 Å². The van der Waals surface area contributed by atoms with Crippen molar-refractivity contribution in [2.45, 2.75) is 45.2 Å². The van der Waals surface area contributed by atoms with Crippen LogP contribution in [0.2, 0.25) is 0 Å². The van der Waals surface area contributed by atoms with Crippen molar-refractivity contribution in [3.05, 3.63) is 45.2 Å². The first-order valence-corrected chi connectivity index (χ1v) is 10.6. The molecule has 2 fully saturated rings. The average Bonchev–Trinajstić information content (AvgIpc) is 3.30. The Morgan fingerprint density at radius 3 is 2.46 bits per heavy atom. The molecule has 148 valence electrons. The maximum atomic E-state index is 12.7. The van der Waals surface area contributed by atoms with Crippen molar-refractivity contribution in [2.24, 2.45) is 4.99 Å². The molecule has 1 atom stereocenters. The third-order valence-electron chi connectivity index (χ3n) is 5.54. The lowest BCUT2D eigenvalue weighted by Crippen LogP contribution is -2.33. The molecule has 1 N–H and O–H groups in total. The van der Waals surface area contributed by atoms with E-state index < -0.39 is 0 Å². The Morgan fingerprint density at radius 2 is 1.89 bits per heavy atom. The lowest BCUT2D eigenvalue weighted by Gasteiger charge is -2.16. The molecule has 1 unspecified atom stereocenters. The fourth-order valence-corrected chi connectivity index (χ4v) is 4.89. The minimum Gasteiger partial charge on any atom is -0.337 e. The molecule has 28 heavy (non-hydrogen) atoms. The van der Waals surface area contributed by atoms with E-state index in [4.69, 9.17) is 4.99 Å². The van der Waals surface area contributed by atoms with E-state index in [2.05, 4.69) is 9.88 Å².